The molecule has 0 unspecified atom stereocenters. The summed E-state index contributed by atoms with van der Waals surface area (Å²) in [6, 6.07) is 5.66. The van der Waals surface area contributed by atoms with Crippen molar-refractivity contribution in [3.8, 4) is 5.75 Å². The standard InChI is InChI=1S/C18H21NO3/c1-18-7-6-13-12-5-3-11(20)8-10(12)2-4-14(13)15(18)9-16(19-22)17(18)21/h3-5,8,13,15,17,20-22H,2,6-7,9H2,1H3/b19-16-/t13-,15+,17+,18+/m1/s1. The maximum absolute atomic E-state index is 10.5. The highest BCUT2D eigenvalue weighted by Crippen LogP contribution is 2.58. The van der Waals surface area contributed by atoms with Crippen LogP contribution in [0, 0.1) is 11.3 Å². The Hall–Kier alpha value is -1.81. The molecule has 4 rings (SSSR count). The highest BCUT2D eigenvalue weighted by atomic mass is 16.4. The summed E-state index contributed by atoms with van der Waals surface area (Å²) >= 11 is 0. The fraction of sp³-hybridized carbons (Fsp3) is 0.500. The average molecular weight is 299 g/mol. The van der Waals surface area contributed by atoms with Gasteiger partial charge in [-0.3, -0.25) is 0 Å². The van der Waals surface area contributed by atoms with Gasteiger partial charge in [-0.25, -0.2) is 0 Å². The predicted molar refractivity (Wildman–Crippen MR) is 83.3 cm³/mol. The number of aliphatic hydroxyl groups excluding tert-OH is 1. The van der Waals surface area contributed by atoms with Crippen LogP contribution in [-0.2, 0) is 6.42 Å². The first-order valence-electron chi connectivity index (χ1n) is 7.95. The van der Waals surface area contributed by atoms with E-state index in [1.165, 1.54) is 16.7 Å². The number of aliphatic hydroxyl groups is 1. The molecule has 22 heavy (non-hydrogen) atoms. The first kappa shape index (κ1) is 13.8. The van der Waals surface area contributed by atoms with E-state index in [-0.39, 0.29) is 11.3 Å². The van der Waals surface area contributed by atoms with Crippen molar-refractivity contribution in [1.29, 1.82) is 0 Å². The van der Waals surface area contributed by atoms with E-state index in [4.69, 9.17) is 5.21 Å². The minimum absolute atomic E-state index is 0.224. The molecule has 0 aromatic heterocycles. The van der Waals surface area contributed by atoms with E-state index < -0.39 is 6.10 Å². The third kappa shape index (κ3) is 1.70. The van der Waals surface area contributed by atoms with Crippen LogP contribution >= 0.6 is 0 Å². The Labute approximate surface area is 129 Å². The number of hydrogen-bond acceptors (Lipinski definition) is 4. The van der Waals surface area contributed by atoms with Crippen molar-refractivity contribution in [2.45, 2.75) is 44.6 Å². The van der Waals surface area contributed by atoms with Gasteiger partial charge in [0.15, 0.2) is 0 Å². The summed E-state index contributed by atoms with van der Waals surface area (Å²) in [5.74, 6) is 0.934. The number of benzene rings is 1. The van der Waals surface area contributed by atoms with Gasteiger partial charge in [0, 0.05) is 11.3 Å². The molecule has 0 radical (unpaired) electrons. The number of hydrogen-bond donors (Lipinski definition) is 3. The van der Waals surface area contributed by atoms with Crippen LogP contribution in [-0.4, -0.2) is 27.2 Å². The summed E-state index contributed by atoms with van der Waals surface area (Å²) in [4.78, 5) is 0. The summed E-state index contributed by atoms with van der Waals surface area (Å²) in [6.45, 7) is 2.11. The topological polar surface area (TPSA) is 73.1 Å². The molecule has 0 amide bonds. The fourth-order valence-electron chi connectivity index (χ4n) is 4.85. The van der Waals surface area contributed by atoms with Crippen molar-refractivity contribution >= 4 is 5.71 Å². The van der Waals surface area contributed by atoms with Gasteiger partial charge in [-0.2, -0.15) is 0 Å². The van der Waals surface area contributed by atoms with Crippen LogP contribution in [0.2, 0.25) is 0 Å². The molecule has 0 aliphatic heterocycles. The van der Waals surface area contributed by atoms with E-state index in [9.17, 15) is 10.2 Å². The molecule has 1 aromatic carbocycles. The number of aromatic hydroxyl groups is 1. The van der Waals surface area contributed by atoms with Crippen LogP contribution in [0.4, 0.5) is 0 Å². The van der Waals surface area contributed by atoms with E-state index in [2.05, 4.69) is 18.2 Å². The molecule has 0 heterocycles. The van der Waals surface area contributed by atoms with E-state index in [1.807, 2.05) is 12.1 Å². The zero-order chi connectivity index (χ0) is 15.5. The van der Waals surface area contributed by atoms with Gasteiger partial charge in [0.2, 0.25) is 0 Å². The zero-order valence-corrected chi connectivity index (χ0v) is 12.7. The lowest BCUT2D eigenvalue weighted by Gasteiger charge is -2.45. The second kappa shape index (κ2) is 4.59. The smallest absolute Gasteiger partial charge is 0.115 e. The number of phenols is 1. The highest BCUT2D eigenvalue weighted by Gasteiger charge is 2.55. The fourth-order valence-corrected chi connectivity index (χ4v) is 4.85. The molecular formula is C18H21NO3. The first-order chi connectivity index (χ1) is 10.5. The highest BCUT2D eigenvalue weighted by molar-refractivity contribution is 5.92. The molecule has 3 aliphatic rings. The lowest BCUT2D eigenvalue weighted by Crippen LogP contribution is -2.40. The van der Waals surface area contributed by atoms with Crippen LogP contribution in [0.15, 0.2) is 35.0 Å². The Kier molecular flexibility index (Phi) is 2.89. The maximum Gasteiger partial charge on any atom is 0.115 e. The van der Waals surface area contributed by atoms with Crippen molar-refractivity contribution in [3.63, 3.8) is 0 Å². The van der Waals surface area contributed by atoms with E-state index in [0.29, 0.717) is 23.8 Å². The Morgan fingerprint density at radius 3 is 2.91 bits per heavy atom. The third-order valence-electron chi connectivity index (χ3n) is 6.11. The monoisotopic (exact) mass is 299 g/mol. The predicted octanol–water partition coefficient (Wildman–Crippen LogP) is 2.97. The molecule has 2 fully saturated rings. The third-order valence-corrected chi connectivity index (χ3v) is 6.11. The Morgan fingerprint density at radius 2 is 2.14 bits per heavy atom. The van der Waals surface area contributed by atoms with E-state index in [1.54, 1.807) is 6.07 Å². The molecule has 116 valence electrons. The van der Waals surface area contributed by atoms with Crippen molar-refractivity contribution in [2.75, 3.05) is 0 Å². The lowest BCUT2D eigenvalue weighted by molar-refractivity contribution is 0.0501. The molecule has 4 atom stereocenters. The molecule has 0 saturated heterocycles. The molecule has 0 bridgehead atoms. The SMILES string of the molecule is C[C@]12CC[C@H]3C(=CCc4cc(O)ccc43)[C@@H]1C/C(=N/O)[C@@H]2O. The Bertz CT molecular complexity index is 694. The van der Waals surface area contributed by atoms with Gasteiger partial charge in [0.25, 0.3) is 0 Å². The second-order valence-corrected chi connectivity index (χ2v) is 7.14. The molecule has 3 aliphatic carbocycles. The lowest BCUT2D eigenvalue weighted by atomic mass is 9.59. The molecule has 4 heteroatoms. The summed E-state index contributed by atoms with van der Waals surface area (Å²) in [5.41, 5.74) is 4.18. The van der Waals surface area contributed by atoms with Crippen LogP contribution in [0.25, 0.3) is 0 Å². The number of allylic oxidation sites excluding steroid dienone is 2. The van der Waals surface area contributed by atoms with Crippen LogP contribution in [0.1, 0.15) is 43.2 Å². The normalized spacial score (nSPS) is 38.2. The first-order valence-corrected chi connectivity index (χ1v) is 7.95. The number of rotatable bonds is 0. The van der Waals surface area contributed by atoms with Crippen molar-refractivity contribution in [3.05, 3.63) is 41.0 Å². The summed E-state index contributed by atoms with van der Waals surface area (Å²) < 4.78 is 0. The van der Waals surface area contributed by atoms with Gasteiger partial charge in [-0.15, -0.1) is 0 Å². The minimum atomic E-state index is -0.648. The second-order valence-electron chi connectivity index (χ2n) is 7.14. The average Bonchev–Trinajstić information content (AvgIpc) is 2.78. The van der Waals surface area contributed by atoms with Gasteiger partial charge in [-0.1, -0.05) is 29.8 Å². The Balaban J connectivity index is 1.76. The maximum atomic E-state index is 10.5. The molecule has 1 aromatic rings. The van der Waals surface area contributed by atoms with E-state index >= 15 is 0 Å². The van der Waals surface area contributed by atoms with Gasteiger partial charge in [0.1, 0.15) is 11.9 Å². The van der Waals surface area contributed by atoms with Gasteiger partial charge < -0.3 is 15.4 Å². The molecule has 2 saturated carbocycles. The molecule has 0 spiro atoms. The minimum Gasteiger partial charge on any atom is -0.508 e. The zero-order valence-electron chi connectivity index (χ0n) is 12.7. The van der Waals surface area contributed by atoms with Gasteiger partial charge >= 0.3 is 0 Å². The molecule has 3 N–H and O–H groups in total. The van der Waals surface area contributed by atoms with Gasteiger partial charge in [-0.05, 0) is 54.9 Å². The number of fused-ring (bicyclic) bond motifs is 5. The Morgan fingerprint density at radius 1 is 1.32 bits per heavy atom. The van der Waals surface area contributed by atoms with Crippen molar-refractivity contribution in [1.82, 2.24) is 0 Å². The summed E-state index contributed by atoms with van der Waals surface area (Å²) in [7, 11) is 0. The molecular weight excluding hydrogens is 278 g/mol. The quantitative estimate of drug-likeness (QED) is 0.392. The number of phenolic OH excluding ortho intramolecular Hbond substituents is 1. The van der Waals surface area contributed by atoms with Crippen molar-refractivity contribution < 1.29 is 15.4 Å². The summed E-state index contributed by atoms with van der Waals surface area (Å²) in [5, 5.41) is 32.7. The largest absolute Gasteiger partial charge is 0.508 e. The number of oxime groups is 1. The van der Waals surface area contributed by atoms with E-state index in [0.717, 1.165) is 19.3 Å². The summed E-state index contributed by atoms with van der Waals surface area (Å²) in [6.07, 6.45) is 4.99. The van der Waals surface area contributed by atoms with Crippen LogP contribution in [0.5, 0.6) is 5.75 Å². The van der Waals surface area contributed by atoms with Crippen molar-refractivity contribution in [2.24, 2.45) is 16.5 Å². The van der Waals surface area contributed by atoms with Gasteiger partial charge in [0.05, 0.1) is 5.71 Å². The molecule has 4 nitrogen and oxygen atoms in total. The van der Waals surface area contributed by atoms with Crippen LogP contribution < -0.4 is 0 Å². The number of nitrogens with zero attached hydrogens (tertiary/aromatic N) is 1. The van der Waals surface area contributed by atoms with Crippen LogP contribution in [0.3, 0.4) is 0 Å².